The molecule has 3 N–H and O–H groups in total. The number of hydrogen-bond donors (Lipinski definition) is 2. The van der Waals surface area contributed by atoms with Crippen molar-refractivity contribution in [2.24, 2.45) is 12.9 Å². The second kappa shape index (κ2) is 7.84. The van der Waals surface area contributed by atoms with Gasteiger partial charge in [0, 0.05) is 25.9 Å². The summed E-state index contributed by atoms with van der Waals surface area (Å²) in [5.41, 5.74) is 2.14. The highest BCUT2D eigenvalue weighted by molar-refractivity contribution is 5.74. The van der Waals surface area contributed by atoms with Crippen LogP contribution in [-0.2, 0) is 18.4 Å². The molecule has 0 aromatic carbocycles. The summed E-state index contributed by atoms with van der Waals surface area (Å²) in [5.74, 6) is 5.99. The third kappa shape index (κ3) is 5.29. The first-order chi connectivity index (χ1) is 8.63. The number of aryl methyl sites for hydroxylation is 1. The number of hydrogen-bond acceptors (Lipinski definition) is 4. The first-order valence-corrected chi connectivity index (χ1v) is 6.27. The van der Waals surface area contributed by atoms with E-state index in [2.05, 4.69) is 22.4 Å². The highest BCUT2D eigenvalue weighted by atomic mass is 16.2. The van der Waals surface area contributed by atoms with E-state index in [0.29, 0.717) is 6.42 Å². The Kier molecular flexibility index (Phi) is 6.38. The molecule has 6 heteroatoms. The summed E-state index contributed by atoms with van der Waals surface area (Å²) in [6, 6.07) is 0. The Morgan fingerprint density at radius 2 is 2.28 bits per heavy atom. The number of imidazole rings is 1. The lowest BCUT2D eigenvalue weighted by atomic mass is 10.2. The van der Waals surface area contributed by atoms with Gasteiger partial charge in [-0.25, -0.2) is 10.8 Å². The van der Waals surface area contributed by atoms with Gasteiger partial charge in [-0.15, -0.1) is 0 Å². The van der Waals surface area contributed by atoms with Crippen molar-refractivity contribution in [3.63, 3.8) is 0 Å². The van der Waals surface area contributed by atoms with Crippen LogP contribution >= 0.6 is 0 Å². The third-order valence-corrected chi connectivity index (χ3v) is 2.94. The van der Waals surface area contributed by atoms with Crippen molar-refractivity contribution in [1.29, 1.82) is 0 Å². The van der Waals surface area contributed by atoms with Crippen LogP contribution in [0.3, 0.4) is 0 Å². The molecule has 18 heavy (non-hydrogen) atoms. The van der Waals surface area contributed by atoms with Gasteiger partial charge in [-0.3, -0.25) is 15.1 Å². The molecule has 0 saturated heterocycles. The van der Waals surface area contributed by atoms with Crippen molar-refractivity contribution < 1.29 is 4.79 Å². The monoisotopic (exact) mass is 253 g/mol. The Morgan fingerprint density at radius 1 is 1.50 bits per heavy atom. The lowest BCUT2D eigenvalue weighted by Gasteiger charge is -2.15. The molecular weight excluding hydrogens is 230 g/mol. The molecule has 0 aliphatic rings. The van der Waals surface area contributed by atoms with Gasteiger partial charge < -0.3 is 4.57 Å². The minimum Gasteiger partial charge on any atom is -0.337 e. The highest BCUT2D eigenvalue weighted by Gasteiger charge is 2.04. The molecule has 0 spiro atoms. The average Bonchev–Trinajstić information content (AvgIpc) is 2.74. The van der Waals surface area contributed by atoms with Gasteiger partial charge in [-0.1, -0.05) is 6.42 Å². The predicted molar refractivity (Wildman–Crippen MR) is 70.3 cm³/mol. The van der Waals surface area contributed by atoms with Crippen LogP contribution < -0.4 is 11.3 Å². The summed E-state index contributed by atoms with van der Waals surface area (Å²) >= 11 is 0. The maximum atomic E-state index is 10.9. The fourth-order valence-electron chi connectivity index (χ4n) is 1.79. The molecule has 0 aliphatic heterocycles. The number of nitrogens with one attached hydrogen (secondary N) is 1. The van der Waals surface area contributed by atoms with E-state index >= 15 is 0 Å². The van der Waals surface area contributed by atoms with Crippen LogP contribution in [0.15, 0.2) is 12.4 Å². The van der Waals surface area contributed by atoms with Crippen molar-refractivity contribution in [2.45, 2.75) is 32.2 Å². The maximum Gasteiger partial charge on any atom is 0.233 e. The standard InChI is InChI=1S/C12H23N5O/c1-16(10-11-14-7-9-17(11)2)8-5-3-4-6-12(18)15-13/h7,9H,3-6,8,10,13H2,1-2H3,(H,15,18). The third-order valence-electron chi connectivity index (χ3n) is 2.94. The molecule has 102 valence electrons. The van der Waals surface area contributed by atoms with Gasteiger partial charge in [0.2, 0.25) is 5.91 Å². The summed E-state index contributed by atoms with van der Waals surface area (Å²) in [6.07, 6.45) is 7.29. The molecule has 0 atom stereocenters. The van der Waals surface area contributed by atoms with E-state index in [4.69, 9.17) is 5.84 Å². The molecule has 0 saturated carbocycles. The molecule has 6 nitrogen and oxygen atoms in total. The minimum absolute atomic E-state index is 0.0867. The molecule has 1 heterocycles. The maximum absolute atomic E-state index is 10.9. The number of nitrogens with two attached hydrogens (primary N) is 1. The first kappa shape index (κ1) is 14.7. The number of carbonyl (C=O) groups excluding carboxylic acids is 1. The fourth-order valence-corrected chi connectivity index (χ4v) is 1.79. The van der Waals surface area contributed by atoms with Crippen LogP contribution in [0.5, 0.6) is 0 Å². The van der Waals surface area contributed by atoms with E-state index in [1.165, 1.54) is 0 Å². The van der Waals surface area contributed by atoms with Crippen molar-refractivity contribution in [1.82, 2.24) is 19.9 Å². The van der Waals surface area contributed by atoms with Crippen LogP contribution in [-0.4, -0.2) is 34.0 Å². The number of aromatic nitrogens is 2. The zero-order valence-electron chi connectivity index (χ0n) is 11.2. The van der Waals surface area contributed by atoms with Crippen molar-refractivity contribution in [3.05, 3.63) is 18.2 Å². The van der Waals surface area contributed by atoms with Gasteiger partial charge in [-0.05, 0) is 26.4 Å². The lowest BCUT2D eigenvalue weighted by Crippen LogP contribution is -2.29. The minimum atomic E-state index is -0.0867. The zero-order valence-corrected chi connectivity index (χ0v) is 11.2. The molecule has 0 bridgehead atoms. The van der Waals surface area contributed by atoms with Gasteiger partial charge in [0.1, 0.15) is 5.82 Å². The molecule has 1 aromatic heterocycles. The van der Waals surface area contributed by atoms with E-state index < -0.39 is 0 Å². The summed E-state index contributed by atoms with van der Waals surface area (Å²) < 4.78 is 2.03. The topological polar surface area (TPSA) is 76.2 Å². The number of hydrazine groups is 1. The van der Waals surface area contributed by atoms with E-state index in [1.54, 1.807) is 0 Å². The van der Waals surface area contributed by atoms with Gasteiger partial charge in [0.25, 0.3) is 0 Å². The molecular formula is C12H23N5O. The van der Waals surface area contributed by atoms with E-state index in [1.807, 2.05) is 24.0 Å². The van der Waals surface area contributed by atoms with Crippen molar-refractivity contribution in [3.8, 4) is 0 Å². The van der Waals surface area contributed by atoms with Crippen LogP contribution in [0.25, 0.3) is 0 Å². The Morgan fingerprint density at radius 3 is 2.89 bits per heavy atom. The quantitative estimate of drug-likeness (QED) is 0.304. The zero-order chi connectivity index (χ0) is 13.4. The van der Waals surface area contributed by atoms with Crippen LogP contribution in [0.1, 0.15) is 31.5 Å². The Labute approximate surface area is 108 Å². The molecule has 1 rings (SSSR count). The smallest absolute Gasteiger partial charge is 0.233 e. The van der Waals surface area contributed by atoms with E-state index in [-0.39, 0.29) is 5.91 Å². The predicted octanol–water partition coefficient (Wildman–Crippen LogP) is 0.402. The molecule has 0 aliphatic carbocycles. The van der Waals surface area contributed by atoms with E-state index in [0.717, 1.165) is 38.2 Å². The Bertz CT molecular complexity index is 363. The lowest BCUT2D eigenvalue weighted by molar-refractivity contribution is -0.121. The van der Waals surface area contributed by atoms with Crippen LogP contribution in [0.4, 0.5) is 0 Å². The summed E-state index contributed by atoms with van der Waals surface area (Å²) in [5, 5.41) is 0. The number of carbonyl (C=O) groups is 1. The number of nitrogens with zero attached hydrogens (tertiary/aromatic N) is 3. The summed E-state index contributed by atoms with van der Waals surface area (Å²) in [4.78, 5) is 17.4. The van der Waals surface area contributed by atoms with Crippen LogP contribution in [0, 0.1) is 0 Å². The second-order valence-corrected chi connectivity index (χ2v) is 4.57. The van der Waals surface area contributed by atoms with Crippen molar-refractivity contribution in [2.75, 3.05) is 13.6 Å². The van der Waals surface area contributed by atoms with Gasteiger partial charge in [0.05, 0.1) is 6.54 Å². The summed E-state index contributed by atoms with van der Waals surface area (Å²) in [7, 11) is 4.09. The molecule has 1 aromatic rings. The molecule has 0 unspecified atom stereocenters. The number of unbranched alkanes of at least 4 members (excludes halogenated alkanes) is 2. The number of rotatable bonds is 8. The highest BCUT2D eigenvalue weighted by Crippen LogP contribution is 2.04. The first-order valence-electron chi connectivity index (χ1n) is 6.27. The van der Waals surface area contributed by atoms with Gasteiger partial charge in [0.15, 0.2) is 0 Å². The normalized spacial score (nSPS) is 10.9. The van der Waals surface area contributed by atoms with Gasteiger partial charge >= 0.3 is 0 Å². The SMILES string of the molecule is CN(CCCCCC(=O)NN)Cc1nccn1C. The number of amides is 1. The average molecular weight is 253 g/mol. The Hall–Kier alpha value is -1.40. The summed E-state index contributed by atoms with van der Waals surface area (Å²) in [6.45, 7) is 1.86. The Balaban J connectivity index is 2.09. The fraction of sp³-hybridized carbons (Fsp3) is 0.667. The molecule has 0 fully saturated rings. The second-order valence-electron chi connectivity index (χ2n) is 4.57. The molecule has 0 radical (unpaired) electrons. The van der Waals surface area contributed by atoms with Gasteiger partial charge in [-0.2, -0.15) is 0 Å². The molecule has 1 amide bonds. The van der Waals surface area contributed by atoms with E-state index in [9.17, 15) is 4.79 Å². The van der Waals surface area contributed by atoms with Crippen molar-refractivity contribution >= 4 is 5.91 Å². The van der Waals surface area contributed by atoms with Crippen LogP contribution in [0.2, 0.25) is 0 Å². The largest absolute Gasteiger partial charge is 0.337 e.